The number of carboxylic acid groups (broad SMARTS) is 1. The van der Waals surface area contributed by atoms with Gasteiger partial charge in [0, 0.05) is 31.4 Å². The van der Waals surface area contributed by atoms with Gasteiger partial charge in [-0.1, -0.05) is 0 Å². The molecular weight excluding hydrogens is 274 g/mol. The van der Waals surface area contributed by atoms with Gasteiger partial charge < -0.3 is 15.3 Å². The van der Waals surface area contributed by atoms with Crippen LogP contribution >= 0.6 is 0 Å². The number of hydrogen-bond acceptors (Lipinski definition) is 4. The summed E-state index contributed by atoms with van der Waals surface area (Å²) in [6.45, 7) is 0.312. The lowest BCUT2D eigenvalue weighted by Gasteiger charge is -2.23. The minimum atomic E-state index is -1.15. The summed E-state index contributed by atoms with van der Waals surface area (Å²) in [5.74, 6) is -1.15. The number of aromatic nitrogens is 2. The van der Waals surface area contributed by atoms with E-state index in [0.717, 1.165) is 12.8 Å². The lowest BCUT2D eigenvalue weighted by Crippen LogP contribution is -2.45. The fourth-order valence-corrected chi connectivity index (χ4v) is 2.09. The normalized spacial score (nSPS) is 15.0. The van der Waals surface area contributed by atoms with Gasteiger partial charge in [-0.05, 0) is 12.8 Å². The van der Waals surface area contributed by atoms with E-state index in [-0.39, 0.29) is 12.5 Å². The molecule has 0 aromatic carbocycles. The Labute approximate surface area is 122 Å². The van der Waals surface area contributed by atoms with E-state index >= 15 is 0 Å². The fourth-order valence-electron chi connectivity index (χ4n) is 2.09. The summed E-state index contributed by atoms with van der Waals surface area (Å²) >= 11 is 0. The third kappa shape index (κ3) is 3.72. The molecule has 8 heteroatoms. The molecule has 1 saturated carbocycles. The molecule has 0 radical (unpaired) electrons. The number of nitrogens with zero attached hydrogens (tertiary/aromatic N) is 4. The molecule has 1 aliphatic rings. The van der Waals surface area contributed by atoms with E-state index < -0.39 is 18.0 Å². The van der Waals surface area contributed by atoms with E-state index in [0.29, 0.717) is 12.1 Å². The molecule has 0 saturated heterocycles. The topological polar surface area (TPSA) is 111 Å². The van der Waals surface area contributed by atoms with Gasteiger partial charge in [-0.3, -0.25) is 4.68 Å². The number of amides is 2. The molecule has 1 aliphatic carbocycles. The highest BCUT2D eigenvalue weighted by atomic mass is 16.4. The molecular formula is C13H17N5O3. The monoisotopic (exact) mass is 291 g/mol. The number of aryl methyl sites for hydroxylation is 1. The summed E-state index contributed by atoms with van der Waals surface area (Å²) in [5, 5.41) is 24.3. The van der Waals surface area contributed by atoms with Crippen LogP contribution in [0.15, 0.2) is 12.4 Å². The Morgan fingerprint density at radius 1 is 1.67 bits per heavy atom. The molecule has 1 unspecified atom stereocenters. The second kappa shape index (κ2) is 6.26. The number of carbonyl (C=O) groups is 2. The van der Waals surface area contributed by atoms with Crippen LogP contribution in [0.2, 0.25) is 0 Å². The SMILES string of the molecule is Cn1cc(C(NC(=O)N(CCC#N)C2CC2)C(=O)O)cn1. The maximum Gasteiger partial charge on any atom is 0.331 e. The Bertz CT molecular complexity index is 573. The van der Waals surface area contributed by atoms with Gasteiger partial charge in [-0.2, -0.15) is 10.4 Å². The molecule has 1 atom stereocenters. The molecule has 0 spiro atoms. The van der Waals surface area contributed by atoms with Crippen molar-refractivity contribution in [3.63, 3.8) is 0 Å². The van der Waals surface area contributed by atoms with Crippen molar-refractivity contribution in [3.8, 4) is 6.07 Å². The van der Waals surface area contributed by atoms with Gasteiger partial charge >= 0.3 is 12.0 Å². The van der Waals surface area contributed by atoms with Gasteiger partial charge in [-0.25, -0.2) is 9.59 Å². The third-order valence-electron chi connectivity index (χ3n) is 3.29. The Morgan fingerprint density at radius 2 is 2.38 bits per heavy atom. The van der Waals surface area contributed by atoms with Crippen molar-refractivity contribution in [3.05, 3.63) is 18.0 Å². The molecule has 0 bridgehead atoms. The first kappa shape index (κ1) is 14.8. The van der Waals surface area contributed by atoms with Crippen molar-refractivity contribution in [2.24, 2.45) is 7.05 Å². The van der Waals surface area contributed by atoms with Crippen molar-refractivity contribution in [1.29, 1.82) is 5.26 Å². The van der Waals surface area contributed by atoms with E-state index in [1.165, 1.54) is 15.8 Å². The molecule has 0 aliphatic heterocycles. The Kier molecular flexibility index (Phi) is 4.42. The average Bonchev–Trinajstić information content (AvgIpc) is 3.18. The van der Waals surface area contributed by atoms with Crippen molar-refractivity contribution in [1.82, 2.24) is 20.0 Å². The third-order valence-corrected chi connectivity index (χ3v) is 3.29. The zero-order valence-corrected chi connectivity index (χ0v) is 11.7. The molecule has 2 N–H and O–H groups in total. The van der Waals surface area contributed by atoms with E-state index in [4.69, 9.17) is 5.26 Å². The number of rotatable bonds is 6. The molecule has 2 amide bonds. The first-order chi connectivity index (χ1) is 10.0. The summed E-state index contributed by atoms with van der Waals surface area (Å²) in [4.78, 5) is 25.1. The van der Waals surface area contributed by atoms with E-state index in [1.807, 2.05) is 6.07 Å². The maximum atomic E-state index is 12.2. The van der Waals surface area contributed by atoms with Crippen LogP contribution < -0.4 is 5.32 Å². The fraction of sp³-hybridized carbons (Fsp3) is 0.538. The minimum Gasteiger partial charge on any atom is -0.479 e. The molecule has 1 fully saturated rings. The number of urea groups is 1. The van der Waals surface area contributed by atoms with Gasteiger partial charge in [0.25, 0.3) is 0 Å². The number of nitriles is 1. The first-order valence-electron chi connectivity index (χ1n) is 6.68. The van der Waals surface area contributed by atoms with Gasteiger partial charge in [0.05, 0.1) is 18.7 Å². The van der Waals surface area contributed by atoms with Crippen LogP contribution in [-0.4, -0.2) is 44.4 Å². The Morgan fingerprint density at radius 3 is 2.86 bits per heavy atom. The molecule has 8 nitrogen and oxygen atoms in total. The number of nitrogens with one attached hydrogen (secondary N) is 1. The molecule has 1 heterocycles. The predicted molar refractivity (Wildman–Crippen MR) is 72.1 cm³/mol. The van der Waals surface area contributed by atoms with Crippen LogP contribution in [0.4, 0.5) is 4.79 Å². The lowest BCUT2D eigenvalue weighted by atomic mass is 10.1. The Balaban J connectivity index is 2.06. The summed E-state index contributed by atoms with van der Waals surface area (Å²) in [6.07, 6.45) is 4.98. The lowest BCUT2D eigenvalue weighted by molar-refractivity contribution is -0.139. The molecule has 1 aromatic heterocycles. The van der Waals surface area contributed by atoms with Crippen LogP contribution in [0.25, 0.3) is 0 Å². The van der Waals surface area contributed by atoms with Crippen molar-refractivity contribution < 1.29 is 14.7 Å². The van der Waals surface area contributed by atoms with E-state index in [9.17, 15) is 14.7 Å². The number of carboxylic acids is 1. The minimum absolute atomic E-state index is 0.113. The van der Waals surface area contributed by atoms with Gasteiger partial charge in [0.2, 0.25) is 0 Å². The van der Waals surface area contributed by atoms with E-state index in [2.05, 4.69) is 10.4 Å². The quantitative estimate of drug-likeness (QED) is 0.798. The first-order valence-corrected chi connectivity index (χ1v) is 6.68. The summed E-state index contributed by atoms with van der Waals surface area (Å²) in [6, 6.07) is 0.510. The van der Waals surface area contributed by atoms with Gasteiger partial charge in [-0.15, -0.1) is 0 Å². The van der Waals surface area contributed by atoms with E-state index in [1.54, 1.807) is 13.2 Å². The highest BCUT2D eigenvalue weighted by Crippen LogP contribution is 2.27. The van der Waals surface area contributed by atoms with Crippen molar-refractivity contribution >= 4 is 12.0 Å². The van der Waals surface area contributed by atoms with Crippen molar-refractivity contribution in [2.75, 3.05) is 6.54 Å². The smallest absolute Gasteiger partial charge is 0.331 e. The summed E-state index contributed by atoms with van der Waals surface area (Å²) < 4.78 is 1.48. The predicted octanol–water partition coefficient (Wildman–Crippen LogP) is 0.633. The van der Waals surface area contributed by atoms with Gasteiger partial charge in [0.15, 0.2) is 6.04 Å². The van der Waals surface area contributed by atoms with Crippen LogP contribution in [0, 0.1) is 11.3 Å². The van der Waals surface area contributed by atoms with Gasteiger partial charge in [0.1, 0.15) is 0 Å². The molecule has 21 heavy (non-hydrogen) atoms. The van der Waals surface area contributed by atoms with Crippen molar-refractivity contribution in [2.45, 2.75) is 31.3 Å². The van der Waals surface area contributed by atoms with Crippen LogP contribution in [0.3, 0.4) is 0 Å². The van der Waals surface area contributed by atoms with Crippen LogP contribution in [-0.2, 0) is 11.8 Å². The second-order valence-electron chi connectivity index (χ2n) is 5.00. The van der Waals surface area contributed by atoms with Crippen LogP contribution in [0.1, 0.15) is 30.9 Å². The average molecular weight is 291 g/mol. The molecule has 1 aromatic rings. The highest BCUT2D eigenvalue weighted by Gasteiger charge is 2.34. The zero-order chi connectivity index (χ0) is 15.4. The number of carbonyl (C=O) groups excluding carboxylic acids is 1. The Hall–Kier alpha value is -2.56. The highest BCUT2D eigenvalue weighted by molar-refractivity contribution is 5.83. The maximum absolute atomic E-state index is 12.2. The number of hydrogen-bond donors (Lipinski definition) is 2. The largest absolute Gasteiger partial charge is 0.479 e. The van der Waals surface area contributed by atoms with Crippen LogP contribution in [0.5, 0.6) is 0 Å². The standard InChI is InChI=1S/C13H17N5O3/c1-17-8-9(7-15-17)11(12(19)20)16-13(21)18(6-2-5-14)10-3-4-10/h7-8,10-11H,2-4,6H2,1H3,(H,16,21)(H,19,20). The second-order valence-corrected chi connectivity index (χ2v) is 5.00. The number of aliphatic carboxylic acids is 1. The zero-order valence-electron chi connectivity index (χ0n) is 11.7. The summed E-state index contributed by atoms with van der Waals surface area (Å²) in [7, 11) is 1.67. The summed E-state index contributed by atoms with van der Waals surface area (Å²) in [5.41, 5.74) is 0.411. The molecule has 112 valence electrons. The molecule has 2 rings (SSSR count).